The van der Waals surface area contributed by atoms with E-state index in [0.29, 0.717) is 22.1 Å². The van der Waals surface area contributed by atoms with E-state index in [4.69, 9.17) is 26.8 Å². The number of amides is 1. The highest BCUT2D eigenvalue weighted by Crippen LogP contribution is 2.27. The maximum absolute atomic E-state index is 12.2. The van der Waals surface area contributed by atoms with Gasteiger partial charge in [0.25, 0.3) is 5.91 Å². The lowest BCUT2D eigenvalue weighted by molar-refractivity contribution is -0.123. The Bertz CT molecular complexity index is 764. The summed E-state index contributed by atoms with van der Waals surface area (Å²) in [5.41, 5.74) is 6.72. The summed E-state index contributed by atoms with van der Waals surface area (Å²) in [6, 6.07) is 11.1. The molecular formula is C17H17ClN2O4. The van der Waals surface area contributed by atoms with Crippen LogP contribution in [0.5, 0.6) is 5.75 Å². The fourth-order valence-electron chi connectivity index (χ4n) is 1.96. The predicted octanol–water partition coefficient (Wildman–Crippen LogP) is 3.11. The van der Waals surface area contributed by atoms with Crippen molar-refractivity contribution < 1.29 is 19.1 Å². The normalized spacial score (nSPS) is 11.5. The number of hydrogen-bond donors (Lipinski definition) is 2. The van der Waals surface area contributed by atoms with Gasteiger partial charge in [-0.2, -0.15) is 0 Å². The zero-order valence-electron chi connectivity index (χ0n) is 13.2. The molecule has 24 heavy (non-hydrogen) atoms. The Morgan fingerprint density at radius 3 is 2.62 bits per heavy atom. The van der Waals surface area contributed by atoms with Crippen molar-refractivity contribution >= 4 is 34.9 Å². The highest BCUT2D eigenvalue weighted by Gasteiger charge is 2.20. The summed E-state index contributed by atoms with van der Waals surface area (Å²) >= 11 is 5.91. The summed E-state index contributed by atoms with van der Waals surface area (Å²) < 4.78 is 10.3. The monoisotopic (exact) mass is 348 g/mol. The lowest BCUT2D eigenvalue weighted by atomic mass is 10.2. The molecule has 0 spiro atoms. The molecule has 0 aromatic heterocycles. The van der Waals surface area contributed by atoms with Crippen molar-refractivity contribution in [2.45, 2.75) is 13.0 Å². The molecule has 0 saturated carbocycles. The Kier molecular flexibility index (Phi) is 5.65. The number of esters is 1. The quantitative estimate of drug-likeness (QED) is 0.640. The molecule has 0 bridgehead atoms. The second kappa shape index (κ2) is 7.70. The number of nitrogen functional groups attached to an aromatic ring is 1. The van der Waals surface area contributed by atoms with Crippen LogP contribution in [0.3, 0.4) is 0 Å². The van der Waals surface area contributed by atoms with Gasteiger partial charge in [-0.1, -0.05) is 17.7 Å². The molecule has 2 rings (SSSR count). The predicted molar refractivity (Wildman–Crippen MR) is 92.4 cm³/mol. The summed E-state index contributed by atoms with van der Waals surface area (Å²) in [6.45, 7) is 1.47. The smallest absolute Gasteiger partial charge is 0.338 e. The van der Waals surface area contributed by atoms with Crippen LogP contribution in [0, 0.1) is 0 Å². The summed E-state index contributed by atoms with van der Waals surface area (Å²) in [5, 5.41) is 3.06. The maximum atomic E-state index is 12.2. The molecule has 0 heterocycles. The topological polar surface area (TPSA) is 90.6 Å². The van der Waals surface area contributed by atoms with Crippen LogP contribution in [-0.2, 0) is 9.53 Å². The van der Waals surface area contributed by atoms with Crippen LogP contribution in [0.2, 0.25) is 5.02 Å². The molecule has 126 valence electrons. The number of hydrogen-bond acceptors (Lipinski definition) is 5. The van der Waals surface area contributed by atoms with Gasteiger partial charge in [-0.3, -0.25) is 4.79 Å². The minimum absolute atomic E-state index is 0.273. The average Bonchev–Trinajstić information content (AvgIpc) is 2.55. The third-order valence-corrected chi connectivity index (χ3v) is 3.43. The van der Waals surface area contributed by atoms with E-state index in [1.54, 1.807) is 36.4 Å². The third-order valence-electron chi connectivity index (χ3n) is 3.19. The van der Waals surface area contributed by atoms with Crippen LogP contribution in [0.4, 0.5) is 11.4 Å². The van der Waals surface area contributed by atoms with Gasteiger partial charge in [0.05, 0.1) is 18.4 Å². The van der Waals surface area contributed by atoms with E-state index in [-0.39, 0.29) is 5.56 Å². The molecule has 1 amide bonds. The molecule has 0 aliphatic heterocycles. The van der Waals surface area contributed by atoms with Crippen molar-refractivity contribution in [1.82, 2.24) is 0 Å². The van der Waals surface area contributed by atoms with Gasteiger partial charge in [0.15, 0.2) is 6.10 Å². The molecule has 6 nitrogen and oxygen atoms in total. The Morgan fingerprint density at radius 2 is 1.96 bits per heavy atom. The molecule has 0 fully saturated rings. The largest absolute Gasteiger partial charge is 0.495 e. The van der Waals surface area contributed by atoms with Gasteiger partial charge in [-0.25, -0.2) is 4.79 Å². The average molecular weight is 349 g/mol. The van der Waals surface area contributed by atoms with Gasteiger partial charge >= 0.3 is 5.97 Å². The first-order valence-corrected chi connectivity index (χ1v) is 7.49. The number of ether oxygens (including phenoxy) is 2. The second-order valence-corrected chi connectivity index (χ2v) is 5.44. The lowest BCUT2D eigenvalue weighted by Gasteiger charge is -2.15. The zero-order valence-corrected chi connectivity index (χ0v) is 14.0. The second-order valence-electron chi connectivity index (χ2n) is 5.01. The van der Waals surface area contributed by atoms with Crippen molar-refractivity contribution in [2.24, 2.45) is 0 Å². The number of rotatable bonds is 5. The van der Waals surface area contributed by atoms with Crippen LogP contribution in [0.15, 0.2) is 42.5 Å². The molecule has 2 aromatic carbocycles. The molecule has 7 heteroatoms. The first-order valence-electron chi connectivity index (χ1n) is 7.11. The van der Waals surface area contributed by atoms with E-state index in [0.717, 1.165) is 0 Å². The van der Waals surface area contributed by atoms with Crippen molar-refractivity contribution in [2.75, 3.05) is 18.2 Å². The van der Waals surface area contributed by atoms with E-state index in [2.05, 4.69) is 5.32 Å². The van der Waals surface area contributed by atoms with Crippen LogP contribution in [-0.4, -0.2) is 25.1 Å². The molecule has 0 radical (unpaired) electrons. The summed E-state index contributed by atoms with van der Waals surface area (Å²) in [7, 11) is 1.47. The summed E-state index contributed by atoms with van der Waals surface area (Å²) in [6.07, 6.45) is -1.01. The maximum Gasteiger partial charge on any atom is 0.338 e. The van der Waals surface area contributed by atoms with Gasteiger partial charge in [0, 0.05) is 10.7 Å². The highest BCUT2D eigenvalue weighted by molar-refractivity contribution is 6.31. The van der Waals surface area contributed by atoms with Gasteiger partial charge in [-0.05, 0) is 43.3 Å². The number of carbonyl (C=O) groups excluding carboxylic acids is 2. The fourth-order valence-corrected chi connectivity index (χ4v) is 2.13. The van der Waals surface area contributed by atoms with Gasteiger partial charge in [0.2, 0.25) is 0 Å². The first kappa shape index (κ1) is 17.6. The first-order chi connectivity index (χ1) is 11.4. The van der Waals surface area contributed by atoms with E-state index in [1.807, 2.05) is 0 Å². The minimum atomic E-state index is -1.01. The Balaban J connectivity index is 2.05. The molecule has 3 N–H and O–H groups in total. The van der Waals surface area contributed by atoms with Crippen molar-refractivity contribution in [3.05, 3.63) is 53.1 Å². The van der Waals surface area contributed by atoms with E-state index >= 15 is 0 Å². The number of halogens is 1. The SMILES string of the molecule is COc1ccc(Cl)cc1NC(=O)C(C)OC(=O)c1cccc(N)c1. The van der Waals surface area contributed by atoms with Crippen molar-refractivity contribution in [3.63, 3.8) is 0 Å². The molecule has 2 aromatic rings. The molecule has 0 aliphatic carbocycles. The summed E-state index contributed by atoms with van der Waals surface area (Å²) in [5.74, 6) is -0.696. The van der Waals surface area contributed by atoms with Gasteiger partial charge in [-0.15, -0.1) is 0 Å². The van der Waals surface area contributed by atoms with Gasteiger partial charge < -0.3 is 20.5 Å². The number of methoxy groups -OCH3 is 1. The molecule has 0 saturated heterocycles. The Hall–Kier alpha value is -2.73. The number of anilines is 2. The zero-order chi connectivity index (χ0) is 17.7. The number of benzene rings is 2. The standard InChI is InChI=1S/C17H17ClN2O4/c1-10(24-17(22)11-4-3-5-13(19)8-11)16(21)20-14-9-12(18)6-7-15(14)23-2/h3-10H,19H2,1-2H3,(H,20,21). The minimum Gasteiger partial charge on any atom is -0.495 e. The van der Waals surface area contributed by atoms with Crippen LogP contribution in [0.1, 0.15) is 17.3 Å². The fraction of sp³-hybridized carbons (Fsp3) is 0.176. The molecule has 1 unspecified atom stereocenters. The van der Waals surface area contributed by atoms with Crippen LogP contribution in [0.25, 0.3) is 0 Å². The van der Waals surface area contributed by atoms with E-state index in [9.17, 15) is 9.59 Å². The Labute approximate surface area is 144 Å². The number of carbonyl (C=O) groups is 2. The van der Waals surface area contributed by atoms with Crippen molar-refractivity contribution in [1.29, 1.82) is 0 Å². The van der Waals surface area contributed by atoms with Crippen LogP contribution < -0.4 is 15.8 Å². The highest BCUT2D eigenvalue weighted by atomic mass is 35.5. The van der Waals surface area contributed by atoms with Crippen LogP contribution >= 0.6 is 11.6 Å². The third kappa shape index (κ3) is 4.39. The lowest BCUT2D eigenvalue weighted by Crippen LogP contribution is -2.30. The molecular weight excluding hydrogens is 332 g/mol. The molecule has 1 atom stereocenters. The van der Waals surface area contributed by atoms with E-state index < -0.39 is 18.0 Å². The number of nitrogens with one attached hydrogen (secondary N) is 1. The molecule has 0 aliphatic rings. The van der Waals surface area contributed by atoms with E-state index in [1.165, 1.54) is 20.1 Å². The Morgan fingerprint density at radius 1 is 1.21 bits per heavy atom. The summed E-state index contributed by atoms with van der Waals surface area (Å²) in [4.78, 5) is 24.3. The van der Waals surface area contributed by atoms with Crippen molar-refractivity contribution in [3.8, 4) is 5.75 Å². The number of nitrogens with two attached hydrogens (primary N) is 1. The van der Waals surface area contributed by atoms with Gasteiger partial charge in [0.1, 0.15) is 5.75 Å².